The maximum atomic E-state index is 13.5. The number of primary amides is 1. The third kappa shape index (κ3) is 3.12. The molecule has 0 bridgehead atoms. The topological polar surface area (TPSA) is 55.6 Å². The minimum atomic E-state index is -0.461. The number of halogens is 1. The number of ether oxygens (including phenoxy) is 1. The Labute approximate surface area is 93.8 Å². The monoisotopic (exact) mass is 226 g/mol. The molecular formula is C11H15FN2O2. The molecule has 16 heavy (non-hydrogen) atoms. The Morgan fingerprint density at radius 3 is 2.75 bits per heavy atom. The van der Waals surface area contributed by atoms with Crippen LogP contribution in [0.3, 0.4) is 0 Å². The molecule has 4 nitrogen and oxygen atoms in total. The molecule has 5 heteroatoms. The number of amides is 1. The van der Waals surface area contributed by atoms with Crippen molar-refractivity contribution < 1.29 is 13.9 Å². The van der Waals surface area contributed by atoms with Crippen molar-refractivity contribution in [3.05, 3.63) is 24.0 Å². The fourth-order valence-electron chi connectivity index (χ4n) is 1.32. The van der Waals surface area contributed by atoms with Gasteiger partial charge in [0, 0.05) is 18.8 Å². The standard InChI is InChI=1S/C11H15FN2O2/c1-3-16-10-5-4-8(6-9(10)12)14(2)7-11(13)15/h4-6H,3,7H2,1-2H3,(H2,13,15). The van der Waals surface area contributed by atoms with Crippen LogP contribution in [0.4, 0.5) is 10.1 Å². The van der Waals surface area contributed by atoms with Crippen LogP contribution < -0.4 is 15.4 Å². The number of benzene rings is 1. The van der Waals surface area contributed by atoms with Gasteiger partial charge in [0.05, 0.1) is 13.2 Å². The van der Waals surface area contributed by atoms with Crippen molar-refractivity contribution in [1.29, 1.82) is 0 Å². The largest absolute Gasteiger partial charge is 0.491 e. The van der Waals surface area contributed by atoms with Gasteiger partial charge in [-0.2, -0.15) is 0 Å². The van der Waals surface area contributed by atoms with Crippen LogP contribution in [0.5, 0.6) is 5.75 Å². The number of hydrogen-bond acceptors (Lipinski definition) is 3. The molecule has 0 atom stereocenters. The van der Waals surface area contributed by atoms with Crippen LogP contribution in [0.1, 0.15) is 6.92 Å². The van der Waals surface area contributed by atoms with E-state index in [9.17, 15) is 9.18 Å². The van der Waals surface area contributed by atoms with E-state index in [0.717, 1.165) is 0 Å². The van der Waals surface area contributed by atoms with Gasteiger partial charge in [0.15, 0.2) is 11.6 Å². The van der Waals surface area contributed by atoms with E-state index in [1.807, 2.05) is 0 Å². The smallest absolute Gasteiger partial charge is 0.236 e. The van der Waals surface area contributed by atoms with Crippen molar-refractivity contribution in [2.24, 2.45) is 5.73 Å². The number of anilines is 1. The third-order valence-electron chi connectivity index (χ3n) is 2.05. The van der Waals surface area contributed by atoms with E-state index in [1.54, 1.807) is 24.9 Å². The van der Waals surface area contributed by atoms with Crippen LogP contribution in [0.15, 0.2) is 18.2 Å². The van der Waals surface area contributed by atoms with Gasteiger partial charge in [-0.1, -0.05) is 0 Å². The second kappa shape index (κ2) is 5.34. The number of rotatable bonds is 5. The Balaban J connectivity index is 2.83. The van der Waals surface area contributed by atoms with E-state index in [2.05, 4.69) is 0 Å². The first-order valence-electron chi connectivity index (χ1n) is 4.96. The molecule has 1 aromatic carbocycles. The summed E-state index contributed by atoms with van der Waals surface area (Å²) in [5.41, 5.74) is 5.63. The second-order valence-corrected chi connectivity index (χ2v) is 3.37. The number of hydrogen-bond donors (Lipinski definition) is 1. The molecule has 0 aliphatic heterocycles. The number of likely N-dealkylation sites (N-methyl/N-ethyl adjacent to an activating group) is 1. The van der Waals surface area contributed by atoms with E-state index in [1.165, 1.54) is 12.1 Å². The van der Waals surface area contributed by atoms with Gasteiger partial charge in [-0.05, 0) is 19.1 Å². The molecule has 0 aromatic heterocycles. The zero-order chi connectivity index (χ0) is 12.1. The van der Waals surface area contributed by atoms with Gasteiger partial charge in [-0.25, -0.2) is 4.39 Å². The van der Waals surface area contributed by atoms with Gasteiger partial charge in [-0.15, -0.1) is 0 Å². The molecule has 0 saturated carbocycles. The number of nitrogens with zero attached hydrogens (tertiary/aromatic N) is 1. The molecule has 0 heterocycles. The molecule has 0 radical (unpaired) electrons. The first kappa shape index (κ1) is 12.3. The molecule has 0 saturated heterocycles. The number of nitrogens with two attached hydrogens (primary N) is 1. The van der Waals surface area contributed by atoms with Gasteiger partial charge in [0.2, 0.25) is 5.91 Å². The zero-order valence-electron chi connectivity index (χ0n) is 9.37. The van der Waals surface area contributed by atoms with Gasteiger partial charge < -0.3 is 15.4 Å². The maximum Gasteiger partial charge on any atom is 0.236 e. The lowest BCUT2D eigenvalue weighted by molar-refractivity contribution is -0.116. The highest BCUT2D eigenvalue weighted by Gasteiger charge is 2.08. The van der Waals surface area contributed by atoms with Crippen molar-refractivity contribution in [2.75, 3.05) is 25.1 Å². The highest BCUT2D eigenvalue weighted by atomic mass is 19.1. The Kier molecular flexibility index (Phi) is 4.10. The average Bonchev–Trinajstić information content (AvgIpc) is 2.20. The summed E-state index contributed by atoms with van der Waals surface area (Å²) >= 11 is 0. The van der Waals surface area contributed by atoms with Crippen LogP contribution in [0.2, 0.25) is 0 Å². The molecule has 1 aromatic rings. The second-order valence-electron chi connectivity index (χ2n) is 3.37. The van der Waals surface area contributed by atoms with Crippen LogP contribution in [0.25, 0.3) is 0 Å². The van der Waals surface area contributed by atoms with Crippen molar-refractivity contribution in [3.8, 4) is 5.75 Å². The van der Waals surface area contributed by atoms with Gasteiger partial charge in [-0.3, -0.25) is 4.79 Å². The molecule has 0 unspecified atom stereocenters. The lowest BCUT2D eigenvalue weighted by Crippen LogP contribution is -2.30. The Bertz CT molecular complexity index is 382. The number of carbonyl (C=O) groups excluding carboxylic acids is 1. The molecule has 1 rings (SSSR count). The third-order valence-corrected chi connectivity index (χ3v) is 2.05. The Hall–Kier alpha value is -1.78. The molecule has 2 N–H and O–H groups in total. The summed E-state index contributed by atoms with van der Waals surface area (Å²) in [6, 6.07) is 4.52. The minimum absolute atomic E-state index is 0.0490. The highest BCUT2D eigenvalue weighted by molar-refractivity contribution is 5.79. The Morgan fingerprint density at radius 1 is 1.56 bits per heavy atom. The van der Waals surface area contributed by atoms with Gasteiger partial charge in [0.1, 0.15) is 0 Å². The molecule has 0 aliphatic carbocycles. The quantitative estimate of drug-likeness (QED) is 0.819. The predicted octanol–water partition coefficient (Wildman–Crippen LogP) is 1.15. The van der Waals surface area contributed by atoms with Crippen molar-refractivity contribution in [3.63, 3.8) is 0 Å². The van der Waals surface area contributed by atoms with E-state index >= 15 is 0 Å². The van der Waals surface area contributed by atoms with Crippen LogP contribution >= 0.6 is 0 Å². The normalized spacial score (nSPS) is 9.94. The summed E-state index contributed by atoms with van der Waals surface area (Å²) in [5, 5.41) is 0. The molecule has 88 valence electrons. The number of carbonyl (C=O) groups is 1. The lowest BCUT2D eigenvalue weighted by Gasteiger charge is -2.17. The maximum absolute atomic E-state index is 13.5. The fraction of sp³-hybridized carbons (Fsp3) is 0.364. The summed E-state index contributed by atoms with van der Waals surface area (Å²) in [5.74, 6) is -0.703. The molecule has 0 fully saturated rings. The summed E-state index contributed by atoms with van der Waals surface area (Å²) < 4.78 is 18.5. The predicted molar refractivity (Wildman–Crippen MR) is 60.0 cm³/mol. The van der Waals surface area contributed by atoms with Gasteiger partial charge in [0.25, 0.3) is 0 Å². The lowest BCUT2D eigenvalue weighted by atomic mass is 10.2. The summed E-state index contributed by atoms with van der Waals surface area (Å²) in [7, 11) is 1.67. The zero-order valence-corrected chi connectivity index (χ0v) is 9.37. The van der Waals surface area contributed by atoms with Crippen LogP contribution in [-0.4, -0.2) is 26.1 Å². The highest BCUT2D eigenvalue weighted by Crippen LogP contribution is 2.22. The van der Waals surface area contributed by atoms with E-state index in [-0.39, 0.29) is 12.3 Å². The molecule has 0 spiro atoms. The van der Waals surface area contributed by atoms with Crippen molar-refractivity contribution in [1.82, 2.24) is 0 Å². The first-order chi connectivity index (χ1) is 7.54. The van der Waals surface area contributed by atoms with Gasteiger partial charge >= 0.3 is 0 Å². The van der Waals surface area contributed by atoms with Crippen LogP contribution in [-0.2, 0) is 4.79 Å². The van der Waals surface area contributed by atoms with Crippen LogP contribution in [0, 0.1) is 5.82 Å². The summed E-state index contributed by atoms with van der Waals surface area (Å²) in [6.07, 6.45) is 0. The first-order valence-corrected chi connectivity index (χ1v) is 4.96. The van der Waals surface area contributed by atoms with Crippen molar-refractivity contribution in [2.45, 2.75) is 6.92 Å². The molecule has 0 aliphatic rings. The van der Waals surface area contributed by atoms with E-state index < -0.39 is 11.7 Å². The SMILES string of the molecule is CCOc1ccc(N(C)CC(N)=O)cc1F. The Morgan fingerprint density at radius 2 is 2.25 bits per heavy atom. The minimum Gasteiger partial charge on any atom is -0.491 e. The van der Waals surface area contributed by atoms with E-state index in [4.69, 9.17) is 10.5 Å². The van der Waals surface area contributed by atoms with Crippen molar-refractivity contribution >= 4 is 11.6 Å². The summed E-state index contributed by atoms with van der Waals surface area (Å²) in [6.45, 7) is 2.24. The van der Waals surface area contributed by atoms with E-state index in [0.29, 0.717) is 12.3 Å². The summed E-state index contributed by atoms with van der Waals surface area (Å²) in [4.78, 5) is 12.3. The molecule has 1 amide bonds. The fourth-order valence-corrected chi connectivity index (χ4v) is 1.32. The average molecular weight is 226 g/mol. The molecular weight excluding hydrogens is 211 g/mol.